The van der Waals surface area contributed by atoms with Gasteiger partial charge in [0.2, 0.25) is 0 Å². The zero-order chi connectivity index (χ0) is 11.3. The van der Waals surface area contributed by atoms with Crippen LogP contribution in [0, 0.1) is 0 Å². The molecule has 0 saturated carbocycles. The van der Waals surface area contributed by atoms with Crippen molar-refractivity contribution in [2.75, 3.05) is 0 Å². The molecule has 1 aromatic rings. The van der Waals surface area contributed by atoms with Crippen molar-refractivity contribution in [1.82, 2.24) is 9.97 Å². The first kappa shape index (κ1) is 11.2. The molecular weight excluding hydrogens is 259 g/mol. The van der Waals surface area contributed by atoms with E-state index in [1.807, 2.05) is 27.7 Å². The van der Waals surface area contributed by atoms with Crippen molar-refractivity contribution < 1.29 is 9.31 Å². The first-order chi connectivity index (χ1) is 6.82. The van der Waals surface area contributed by atoms with Crippen LogP contribution in [-0.4, -0.2) is 28.3 Å². The number of aromatic nitrogens is 2. The Balaban J connectivity index is 2.23. The number of hydrogen-bond donors (Lipinski definition) is 1. The van der Waals surface area contributed by atoms with Crippen molar-refractivity contribution in [3.05, 3.63) is 10.9 Å². The van der Waals surface area contributed by atoms with Crippen LogP contribution in [0.5, 0.6) is 0 Å². The van der Waals surface area contributed by atoms with Crippen molar-refractivity contribution in [3.8, 4) is 0 Å². The van der Waals surface area contributed by atoms with Crippen LogP contribution >= 0.6 is 15.9 Å². The molecule has 2 rings (SSSR count). The summed E-state index contributed by atoms with van der Waals surface area (Å²) in [5.41, 5.74) is 0.213. The maximum absolute atomic E-state index is 5.85. The molecule has 6 heteroatoms. The molecule has 0 unspecified atom stereocenters. The van der Waals surface area contributed by atoms with E-state index < -0.39 is 0 Å². The number of nitrogens with zero attached hydrogens (tertiary/aromatic N) is 1. The van der Waals surface area contributed by atoms with E-state index in [0.29, 0.717) is 4.73 Å². The van der Waals surface area contributed by atoms with Gasteiger partial charge in [0.25, 0.3) is 0 Å². The SMILES string of the molecule is CC1(C)OB(c2cnc(Br)[nH]2)OC1(C)C. The van der Waals surface area contributed by atoms with Crippen LogP contribution in [0.3, 0.4) is 0 Å². The minimum absolute atomic E-state index is 0.310. The first-order valence-corrected chi connectivity index (χ1v) is 5.67. The van der Waals surface area contributed by atoms with E-state index in [-0.39, 0.29) is 18.3 Å². The third-order valence-electron chi connectivity index (χ3n) is 3.07. The number of hydrogen-bond acceptors (Lipinski definition) is 3. The minimum Gasteiger partial charge on any atom is -0.398 e. The lowest BCUT2D eigenvalue weighted by Crippen LogP contribution is -2.41. The summed E-state index contributed by atoms with van der Waals surface area (Å²) in [6.45, 7) is 8.10. The highest BCUT2D eigenvalue weighted by molar-refractivity contribution is 9.10. The van der Waals surface area contributed by atoms with Gasteiger partial charge in [-0.3, -0.25) is 0 Å². The largest absolute Gasteiger partial charge is 0.513 e. The zero-order valence-electron chi connectivity index (χ0n) is 9.30. The highest BCUT2D eigenvalue weighted by Crippen LogP contribution is 2.36. The second-order valence-corrected chi connectivity index (χ2v) is 5.47. The molecule has 0 amide bonds. The third kappa shape index (κ3) is 1.86. The van der Waals surface area contributed by atoms with Gasteiger partial charge in [-0.1, -0.05) is 0 Å². The molecule has 1 N–H and O–H groups in total. The fourth-order valence-electron chi connectivity index (χ4n) is 1.40. The molecule has 1 fully saturated rings. The van der Waals surface area contributed by atoms with E-state index in [4.69, 9.17) is 9.31 Å². The molecule has 1 saturated heterocycles. The van der Waals surface area contributed by atoms with Gasteiger partial charge >= 0.3 is 7.12 Å². The molecule has 0 spiro atoms. The average molecular weight is 273 g/mol. The average Bonchev–Trinajstić information content (AvgIpc) is 2.56. The predicted octanol–water partition coefficient (Wildman–Crippen LogP) is 1.47. The van der Waals surface area contributed by atoms with Crippen LogP contribution in [-0.2, 0) is 9.31 Å². The van der Waals surface area contributed by atoms with Gasteiger partial charge in [-0.05, 0) is 43.6 Å². The molecule has 0 atom stereocenters. The smallest absolute Gasteiger partial charge is 0.398 e. The van der Waals surface area contributed by atoms with Crippen molar-refractivity contribution >= 4 is 28.6 Å². The second kappa shape index (κ2) is 3.33. The number of halogens is 1. The summed E-state index contributed by atoms with van der Waals surface area (Å²) in [5.74, 6) is 0. The van der Waals surface area contributed by atoms with Crippen LogP contribution in [0.2, 0.25) is 0 Å². The van der Waals surface area contributed by atoms with Gasteiger partial charge in [-0.25, -0.2) is 4.98 Å². The Bertz CT molecular complexity index is 362. The van der Waals surface area contributed by atoms with Crippen molar-refractivity contribution in [3.63, 3.8) is 0 Å². The maximum Gasteiger partial charge on any atom is 0.513 e. The number of imidazole rings is 1. The quantitative estimate of drug-likeness (QED) is 0.788. The van der Waals surface area contributed by atoms with Crippen LogP contribution in [0.1, 0.15) is 27.7 Å². The van der Waals surface area contributed by atoms with Gasteiger partial charge in [0.15, 0.2) is 4.73 Å². The summed E-state index contributed by atoms with van der Waals surface area (Å²) < 4.78 is 12.4. The molecule has 0 radical (unpaired) electrons. The van der Waals surface area contributed by atoms with Gasteiger partial charge in [0.1, 0.15) is 0 Å². The van der Waals surface area contributed by atoms with Gasteiger partial charge in [0, 0.05) is 6.20 Å². The molecule has 1 aliphatic heterocycles. The monoisotopic (exact) mass is 272 g/mol. The Kier molecular flexibility index (Phi) is 2.48. The highest BCUT2D eigenvalue weighted by atomic mass is 79.9. The minimum atomic E-state index is -0.367. The van der Waals surface area contributed by atoms with Crippen LogP contribution in [0.15, 0.2) is 10.9 Å². The van der Waals surface area contributed by atoms with Crippen molar-refractivity contribution in [1.29, 1.82) is 0 Å². The van der Waals surface area contributed by atoms with Crippen LogP contribution < -0.4 is 5.59 Å². The summed E-state index contributed by atoms with van der Waals surface area (Å²) >= 11 is 3.26. The summed E-state index contributed by atoms with van der Waals surface area (Å²) in [4.78, 5) is 7.11. The molecule has 0 bridgehead atoms. The van der Waals surface area contributed by atoms with E-state index >= 15 is 0 Å². The Morgan fingerprint density at radius 3 is 2.20 bits per heavy atom. The molecule has 0 aromatic carbocycles. The predicted molar refractivity (Wildman–Crippen MR) is 62.0 cm³/mol. The molecule has 82 valence electrons. The first-order valence-electron chi connectivity index (χ1n) is 4.88. The Morgan fingerprint density at radius 1 is 1.27 bits per heavy atom. The number of aromatic amines is 1. The van der Waals surface area contributed by atoms with Crippen LogP contribution in [0.25, 0.3) is 0 Å². The Morgan fingerprint density at radius 2 is 1.80 bits per heavy atom. The normalized spacial score (nSPS) is 23.4. The summed E-state index contributed by atoms with van der Waals surface area (Å²) in [6, 6.07) is 0. The number of nitrogens with one attached hydrogen (secondary N) is 1. The number of H-pyrrole nitrogens is 1. The molecule has 1 aliphatic rings. The van der Waals surface area contributed by atoms with Crippen LogP contribution in [0.4, 0.5) is 0 Å². The third-order valence-corrected chi connectivity index (χ3v) is 3.47. The van der Waals surface area contributed by atoms with E-state index in [9.17, 15) is 0 Å². The molecule has 15 heavy (non-hydrogen) atoms. The topological polar surface area (TPSA) is 47.1 Å². The molecule has 0 aliphatic carbocycles. The van der Waals surface area contributed by atoms with E-state index in [2.05, 4.69) is 25.9 Å². The van der Waals surface area contributed by atoms with E-state index in [1.165, 1.54) is 0 Å². The lowest BCUT2D eigenvalue weighted by molar-refractivity contribution is 0.00578. The fourth-order valence-corrected chi connectivity index (χ4v) is 1.73. The van der Waals surface area contributed by atoms with E-state index in [1.54, 1.807) is 6.20 Å². The molecular formula is C9H14BBrN2O2. The molecule has 4 nitrogen and oxygen atoms in total. The standard InChI is InChI=1S/C9H14BBrN2O2/c1-8(2)9(3,4)15-10(14-8)6-5-12-7(11)13-6/h5H,1-4H3,(H,12,13). The van der Waals surface area contributed by atoms with Gasteiger partial charge in [-0.15, -0.1) is 0 Å². The van der Waals surface area contributed by atoms with Gasteiger partial charge in [-0.2, -0.15) is 0 Å². The Hall–Kier alpha value is -0.325. The van der Waals surface area contributed by atoms with Crippen molar-refractivity contribution in [2.45, 2.75) is 38.9 Å². The number of rotatable bonds is 1. The zero-order valence-corrected chi connectivity index (χ0v) is 10.9. The lowest BCUT2D eigenvalue weighted by atomic mass is 9.86. The second-order valence-electron chi connectivity index (χ2n) is 4.72. The maximum atomic E-state index is 5.85. The summed E-state index contributed by atoms with van der Waals surface area (Å²) in [7, 11) is -0.367. The highest BCUT2D eigenvalue weighted by Gasteiger charge is 2.52. The molecule has 2 heterocycles. The van der Waals surface area contributed by atoms with Gasteiger partial charge in [0.05, 0.1) is 16.8 Å². The summed E-state index contributed by atoms with van der Waals surface area (Å²) in [5, 5.41) is 0. The van der Waals surface area contributed by atoms with Crippen molar-refractivity contribution in [2.24, 2.45) is 0 Å². The van der Waals surface area contributed by atoms with E-state index in [0.717, 1.165) is 5.59 Å². The fraction of sp³-hybridized carbons (Fsp3) is 0.667. The Labute approximate surface area is 98.0 Å². The molecule has 1 aromatic heterocycles. The summed E-state index contributed by atoms with van der Waals surface area (Å²) in [6.07, 6.45) is 1.71. The lowest BCUT2D eigenvalue weighted by Gasteiger charge is -2.32. The van der Waals surface area contributed by atoms with Gasteiger partial charge < -0.3 is 14.3 Å².